The summed E-state index contributed by atoms with van der Waals surface area (Å²) in [4.78, 5) is 11.0. The van der Waals surface area contributed by atoms with E-state index in [4.69, 9.17) is 9.84 Å². The Hall–Kier alpha value is -2.29. The Kier molecular flexibility index (Phi) is 8.74. The molecule has 2 aromatic carbocycles. The number of aryl methyl sites for hydroxylation is 1. The van der Waals surface area contributed by atoms with Gasteiger partial charge < -0.3 is 9.84 Å². The zero-order valence-electron chi connectivity index (χ0n) is 15.7. The minimum atomic E-state index is -0.648. The lowest BCUT2D eigenvalue weighted by atomic mass is 9.98. The van der Waals surface area contributed by atoms with Gasteiger partial charge in [-0.15, -0.1) is 0 Å². The van der Waals surface area contributed by atoms with E-state index in [1.54, 1.807) is 0 Å². The molecule has 0 bridgehead atoms. The highest BCUT2D eigenvalue weighted by molar-refractivity contribution is 5.69. The molecule has 3 nitrogen and oxygen atoms in total. The molecule has 0 heterocycles. The van der Waals surface area contributed by atoms with E-state index in [1.807, 2.05) is 49.4 Å². The van der Waals surface area contributed by atoms with Crippen molar-refractivity contribution in [3.63, 3.8) is 0 Å². The Labute approximate surface area is 157 Å². The van der Waals surface area contributed by atoms with Crippen molar-refractivity contribution in [2.24, 2.45) is 5.92 Å². The number of rotatable bonds is 12. The molecule has 0 spiro atoms. The molecule has 0 aliphatic heterocycles. The number of carboxylic acid groups (broad SMARTS) is 1. The quantitative estimate of drug-likeness (QED) is 0.444. The van der Waals surface area contributed by atoms with Gasteiger partial charge in [0.1, 0.15) is 11.5 Å². The van der Waals surface area contributed by atoms with Crippen LogP contribution in [0.25, 0.3) is 0 Å². The molecule has 140 valence electrons. The van der Waals surface area contributed by atoms with E-state index in [9.17, 15) is 4.79 Å². The largest absolute Gasteiger partial charge is 0.481 e. The van der Waals surface area contributed by atoms with E-state index in [1.165, 1.54) is 18.4 Å². The molecule has 3 heteroatoms. The van der Waals surface area contributed by atoms with Crippen LogP contribution in [0.1, 0.15) is 57.4 Å². The molecule has 1 unspecified atom stereocenters. The fraction of sp³-hybridized carbons (Fsp3) is 0.435. The first kappa shape index (κ1) is 20.0. The lowest BCUT2D eigenvalue weighted by molar-refractivity contribution is -0.142. The van der Waals surface area contributed by atoms with Gasteiger partial charge in [-0.2, -0.15) is 0 Å². The monoisotopic (exact) mass is 354 g/mol. The van der Waals surface area contributed by atoms with E-state index < -0.39 is 5.97 Å². The van der Waals surface area contributed by atoms with Crippen LogP contribution < -0.4 is 4.74 Å². The zero-order valence-corrected chi connectivity index (χ0v) is 15.7. The summed E-state index contributed by atoms with van der Waals surface area (Å²) in [6.07, 6.45) is 8.26. The van der Waals surface area contributed by atoms with Crippen LogP contribution in [0.4, 0.5) is 0 Å². The number of carboxylic acids is 1. The molecule has 0 aliphatic carbocycles. The van der Waals surface area contributed by atoms with Crippen LogP contribution in [0.2, 0.25) is 0 Å². The van der Waals surface area contributed by atoms with Crippen molar-refractivity contribution < 1.29 is 14.6 Å². The van der Waals surface area contributed by atoms with Gasteiger partial charge >= 0.3 is 5.97 Å². The topological polar surface area (TPSA) is 46.5 Å². The number of hydrogen-bond acceptors (Lipinski definition) is 2. The Balaban J connectivity index is 1.64. The molecular formula is C23H30O3. The maximum Gasteiger partial charge on any atom is 0.306 e. The van der Waals surface area contributed by atoms with Gasteiger partial charge in [-0.3, -0.25) is 4.79 Å². The third-order valence-corrected chi connectivity index (χ3v) is 4.74. The molecule has 0 fully saturated rings. The van der Waals surface area contributed by atoms with Gasteiger partial charge in [0.2, 0.25) is 0 Å². The SMILES string of the molecule is CCC(CCCCCCCc1cccc(Oc2ccccc2)c1)C(=O)O. The number of benzene rings is 2. The second-order valence-electron chi connectivity index (χ2n) is 6.81. The van der Waals surface area contributed by atoms with Crippen molar-refractivity contribution in [3.8, 4) is 11.5 Å². The first-order valence-corrected chi connectivity index (χ1v) is 9.73. The fourth-order valence-electron chi connectivity index (χ4n) is 3.14. The van der Waals surface area contributed by atoms with Crippen LogP contribution >= 0.6 is 0 Å². The first-order chi connectivity index (χ1) is 12.7. The van der Waals surface area contributed by atoms with Crippen LogP contribution in [0, 0.1) is 5.92 Å². The summed E-state index contributed by atoms with van der Waals surface area (Å²) in [5, 5.41) is 9.05. The van der Waals surface area contributed by atoms with E-state index in [0.717, 1.165) is 50.0 Å². The molecular weight excluding hydrogens is 324 g/mol. The maximum atomic E-state index is 11.0. The van der Waals surface area contributed by atoms with Gasteiger partial charge in [0.05, 0.1) is 5.92 Å². The number of para-hydroxylation sites is 1. The molecule has 1 N–H and O–H groups in total. The van der Waals surface area contributed by atoms with Crippen molar-refractivity contribution in [1.82, 2.24) is 0 Å². The summed E-state index contributed by atoms with van der Waals surface area (Å²) in [5.41, 5.74) is 1.30. The van der Waals surface area contributed by atoms with E-state index in [0.29, 0.717) is 0 Å². The van der Waals surface area contributed by atoms with Crippen molar-refractivity contribution in [2.75, 3.05) is 0 Å². The van der Waals surface area contributed by atoms with Gasteiger partial charge in [-0.05, 0) is 55.5 Å². The Morgan fingerprint density at radius 3 is 2.35 bits per heavy atom. The predicted molar refractivity (Wildman–Crippen MR) is 106 cm³/mol. The normalized spacial score (nSPS) is 11.9. The van der Waals surface area contributed by atoms with Gasteiger partial charge in [0.15, 0.2) is 0 Å². The van der Waals surface area contributed by atoms with Gasteiger partial charge in [-0.25, -0.2) is 0 Å². The molecule has 0 saturated carbocycles. The standard InChI is InChI=1S/C23H30O3/c1-2-20(23(24)25)14-8-5-3-4-7-12-19-13-11-17-22(18-19)26-21-15-9-6-10-16-21/h6,9-11,13,15-18,20H,2-5,7-8,12,14H2,1H3,(H,24,25). The first-order valence-electron chi connectivity index (χ1n) is 9.73. The molecule has 2 aromatic rings. The van der Waals surface area contributed by atoms with Gasteiger partial charge in [-0.1, -0.05) is 62.9 Å². The Morgan fingerprint density at radius 1 is 0.923 bits per heavy atom. The van der Waals surface area contributed by atoms with Crippen LogP contribution in [0.3, 0.4) is 0 Å². The third kappa shape index (κ3) is 7.30. The van der Waals surface area contributed by atoms with Crippen molar-refractivity contribution in [1.29, 1.82) is 0 Å². The molecule has 0 radical (unpaired) electrons. The molecule has 0 aliphatic rings. The highest BCUT2D eigenvalue weighted by Crippen LogP contribution is 2.23. The predicted octanol–water partition coefficient (Wildman–Crippen LogP) is 6.47. The average Bonchev–Trinajstić information content (AvgIpc) is 2.65. The number of carbonyl (C=O) groups is 1. The molecule has 2 rings (SSSR count). The Bertz CT molecular complexity index is 652. The smallest absolute Gasteiger partial charge is 0.306 e. The number of unbranched alkanes of at least 4 members (excludes halogenated alkanes) is 4. The summed E-state index contributed by atoms with van der Waals surface area (Å²) in [6.45, 7) is 1.95. The van der Waals surface area contributed by atoms with E-state index in [2.05, 4.69) is 12.1 Å². The second-order valence-corrected chi connectivity index (χ2v) is 6.81. The molecule has 26 heavy (non-hydrogen) atoms. The van der Waals surface area contributed by atoms with Crippen LogP contribution in [0.15, 0.2) is 54.6 Å². The number of aliphatic carboxylic acids is 1. The maximum absolute atomic E-state index is 11.0. The highest BCUT2D eigenvalue weighted by atomic mass is 16.5. The van der Waals surface area contributed by atoms with Crippen LogP contribution in [-0.2, 0) is 11.2 Å². The van der Waals surface area contributed by atoms with Gasteiger partial charge in [0, 0.05) is 0 Å². The minimum Gasteiger partial charge on any atom is -0.481 e. The van der Waals surface area contributed by atoms with Crippen molar-refractivity contribution >= 4 is 5.97 Å². The second kappa shape index (κ2) is 11.3. The minimum absolute atomic E-state index is 0.164. The average molecular weight is 354 g/mol. The molecule has 0 aromatic heterocycles. The van der Waals surface area contributed by atoms with Crippen molar-refractivity contribution in [3.05, 3.63) is 60.2 Å². The number of hydrogen-bond donors (Lipinski definition) is 1. The lowest BCUT2D eigenvalue weighted by Crippen LogP contribution is -2.12. The third-order valence-electron chi connectivity index (χ3n) is 4.74. The summed E-state index contributed by atoms with van der Waals surface area (Å²) < 4.78 is 5.88. The van der Waals surface area contributed by atoms with Crippen LogP contribution in [-0.4, -0.2) is 11.1 Å². The van der Waals surface area contributed by atoms with E-state index in [-0.39, 0.29) is 5.92 Å². The summed E-state index contributed by atoms with van der Waals surface area (Å²) >= 11 is 0. The summed E-state index contributed by atoms with van der Waals surface area (Å²) in [7, 11) is 0. The fourth-order valence-corrected chi connectivity index (χ4v) is 3.14. The van der Waals surface area contributed by atoms with Crippen LogP contribution in [0.5, 0.6) is 11.5 Å². The van der Waals surface area contributed by atoms with Crippen molar-refractivity contribution in [2.45, 2.75) is 58.3 Å². The zero-order chi connectivity index (χ0) is 18.6. The highest BCUT2D eigenvalue weighted by Gasteiger charge is 2.13. The van der Waals surface area contributed by atoms with E-state index >= 15 is 0 Å². The Morgan fingerprint density at radius 2 is 1.62 bits per heavy atom. The molecule has 0 saturated heterocycles. The number of ether oxygens (including phenoxy) is 1. The summed E-state index contributed by atoms with van der Waals surface area (Å²) in [5.74, 6) is 0.928. The molecule has 0 amide bonds. The molecule has 1 atom stereocenters. The van der Waals surface area contributed by atoms with Gasteiger partial charge in [0.25, 0.3) is 0 Å². The summed E-state index contributed by atoms with van der Waals surface area (Å²) in [6, 6.07) is 18.1. The lowest BCUT2D eigenvalue weighted by Gasteiger charge is -2.09.